The topological polar surface area (TPSA) is 86.5 Å². The molecule has 0 aliphatic carbocycles. The van der Waals surface area contributed by atoms with Crippen LogP contribution in [0.3, 0.4) is 0 Å². The van der Waals surface area contributed by atoms with Crippen LogP contribution in [-0.4, -0.2) is 23.9 Å². The van der Waals surface area contributed by atoms with Gasteiger partial charge in [-0.15, -0.1) is 11.8 Å². The van der Waals surface area contributed by atoms with Crippen molar-refractivity contribution in [3.8, 4) is 0 Å². The van der Waals surface area contributed by atoms with Gasteiger partial charge < -0.3 is 10.5 Å². The minimum atomic E-state index is -1.15. The number of hydrogen-bond acceptors (Lipinski definition) is 5. The van der Waals surface area contributed by atoms with E-state index in [9.17, 15) is 14.4 Å². The van der Waals surface area contributed by atoms with Crippen LogP contribution in [0.2, 0.25) is 0 Å². The van der Waals surface area contributed by atoms with Gasteiger partial charge in [-0.05, 0) is 18.4 Å². The third-order valence-corrected chi connectivity index (χ3v) is 4.32. The number of rotatable bonds is 8. The number of esters is 1. The molecule has 2 rings (SSSR count). The number of carbonyl (C=O) groups is 3. The van der Waals surface area contributed by atoms with E-state index in [1.807, 2.05) is 18.4 Å². The largest absolute Gasteiger partial charge is 0.447 e. The first-order valence-corrected chi connectivity index (χ1v) is 8.94. The lowest BCUT2D eigenvalue weighted by Gasteiger charge is -2.14. The first-order valence-electron chi connectivity index (χ1n) is 7.72. The summed E-state index contributed by atoms with van der Waals surface area (Å²) in [5.41, 5.74) is 6.35. The average Bonchev–Trinajstić information content (AvgIpc) is 2.64. The monoisotopic (exact) mass is 357 g/mol. The summed E-state index contributed by atoms with van der Waals surface area (Å²) in [6.45, 7) is 0. The molecule has 0 spiro atoms. The molecule has 2 aromatic carbocycles. The zero-order valence-electron chi connectivity index (χ0n) is 13.8. The zero-order valence-corrected chi connectivity index (χ0v) is 14.6. The molecule has 0 aliphatic rings. The Balaban J connectivity index is 1.92. The normalized spacial score (nSPS) is 11.6. The molecule has 0 bridgehead atoms. The minimum Gasteiger partial charge on any atom is -0.447 e. The Kier molecular flexibility index (Phi) is 6.77. The third kappa shape index (κ3) is 5.46. The first-order chi connectivity index (χ1) is 12.0. The fraction of sp³-hybridized carbons (Fsp3) is 0.211. The van der Waals surface area contributed by atoms with E-state index in [-0.39, 0.29) is 18.6 Å². The van der Waals surface area contributed by atoms with E-state index < -0.39 is 18.0 Å². The van der Waals surface area contributed by atoms with E-state index in [4.69, 9.17) is 10.5 Å². The highest BCUT2D eigenvalue weighted by Gasteiger charge is 2.22. The highest BCUT2D eigenvalue weighted by molar-refractivity contribution is 7.98. The molecule has 130 valence electrons. The maximum Gasteiger partial charge on any atom is 0.307 e. The van der Waals surface area contributed by atoms with Gasteiger partial charge in [-0.2, -0.15) is 0 Å². The van der Waals surface area contributed by atoms with Crippen molar-refractivity contribution in [2.24, 2.45) is 5.73 Å². The summed E-state index contributed by atoms with van der Waals surface area (Å²) in [5, 5.41) is 0. The summed E-state index contributed by atoms with van der Waals surface area (Å²) in [6.07, 6.45) is 0.705. The minimum absolute atomic E-state index is 0.0116. The molecule has 0 aromatic heterocycles. The van der Waals surface area contributed by atoms with Gasteiger partial charge in [0.25, 0.3) is 5.91 Å². The van der Waals surface area contributed by atoms with E-state index >= 15 is 0 Å². The Morgan fingerprint density at radius 2 is 1.64 bits per heavy atom. The maximum atomic E-state index is 12.1. The molecule has 0 aliphatic heterocycles. The lowest BCUT2D eigenvalue weighted by atomic mass is 10.1. The number of ether oxygens (including phenoxy) is 1. The van der Waals surface area contributed by atoms with Gasteiger partial charge in [0, 0.05) is 22.4 Å². The number of benzene rings is 2. The number of Topliss-reactive ketones (excluding diaryl/α,β-unsaturated/α-hetero) is 1. The molecular formula is C19H19NO4S. The predicted octanol–water partition coefficient (Wildman–Crippen LogP) is 3.14. The Bertz CT molecular complexity index is 744. The Morgan fingerprint density at radius 3 is 2.20 bits per heavy atom. The molecule has 1 amide bonds. The van der Waals surface area contributed by atoms with Crippen molar-refractivity contribution in [1.29, 1.82) is 0 Å². The van der Waals surface area contributed by atoms with Crippen molar-refractivity contribution in [3.05, 3.63) is 65.7 Å². The fourth-order valence-electron chi connectivity index (χ4n) is 2.25. The van der Waals surface area contributed by atoms with Crippen molar-refractivity contribution >= 4 is 29.4 Å². The van der Waals surface area contributed by atoms with Gasteiger partial charge in [0.05, 0.1) is 6.42 Å². The van der Waals surface area contributed by atoms with Crippen molar-refractivity contribution in [1.82, 2.24) is 0 Å². The SMILES string of the molecule is CSc1ccc(C(=O)CCC(=O)O[C@H](C(N)=O)c2ccccc2)cc1. The molecule has 25 heavy (non-hydrogen) atoms. The van der Waals surface area contributed by atoms with Crippen LogP contribution >= 0.6 is 11.8 Å². The summed E-state index contributed by atoms with van der Waals surface area (Å²) < 4.78 is 5.15. The molecule has 5 nitrogen and oxygen atoms in total. The zero-order chi connectivity index (χ0) is 18.2. The predicted molar refractivity (Wildman–Crippen MR) is 96.3 cm³/mol. The Morgan fingerprint density at radius 1 is 1.00 bits per heavy atom. The van der Waals surface area contributed by atoms with Gasteiger partial charge in [0.15, 0.2) is 5.78 Å². The fourth-order valence-corrected chi connectivity index (χ4v) is 2.65. The highest BCUT2D eigenvalue weighted by atomic mass is 32.2. The molecule has 0 saturated carbocycles. The van der Waals surface area contributed by atoms with Gasteiger partial charge in [0.1, 0.15) is 0 Å². The summed E-state index contributed by atoms with van der Waals surface area (Å²) in [7, 11) is 0. The molecule has 2 N–H and O–H groups in total. The summed E-state index contributed by atoms with van der Waals surface area (Å²) in [6, 6.07) is 15.7. The number of thioether (sulfide) groups is 1. The van der Waals surface area contributed by atoms with Crippen LogP contribution in [-0.2, 0) is 14.3 Å². The number of primary amides is 1. The van der Waals surface area contributed by atoms with Crippen molar-refractivity contribution in [2.45, 2.75) is 23.8 Å². The van der Waals surface area contributed by atoms with Crippen LogP contribution in [0.4, 0.5) is 0 Å². The number of amides is 1. The van der Waals surface area contributed by atoms with Crippen molar-refractivity contribution in [2.75, 3.05) is 6.26 Å². The Labute approximate surface area is 150 Å². The standard InChI is InChI=1S/C19H19NO4S/c1-25-15-9-7-13(8-10-15)16(21)11-12-17(22)24-18(19(20)23)14-5-3-2-4-6-14/h2-10,18H,11-12H2,1H3,(H2,20,23)/t18-/m0/s1. The van der Waals surface area contributed by atoms with Gasteiger partial charge in [-0.25, -0.2) is 0 Å². The van der Waals surface area contributed by atoms with E-state index in [1.165, 1.54) is 0 Å². The van der Waals surface area contributed by atoms with Gasteiger partial charge in [-0.1, -0.05) is 42.5 Å². The lowest BCUT2D eigenvalue weighted by Crippen LogP contribution is -2.26. The van der Waals surface area contributed by atoms with Crippen LogP contribution in [0, 0.1) is 0 Å². The van der Waals surface area contributed by atoms with Crippen LogP contribution in [0.5, 0.6) is 0 Å². The lowest BCUT2D eigenvalue weighted by molar-refractivity contribution is -0.155. The number of nitrogens with two attached hydrogens (primary N) is 1. The van der Waals surface area contributed by atoms with Gasteiger partial charge >= 0.3 is 5.97 Å². The molecule has 6 heteroatoms. The Hall–Kier alpha value is -2.60. The highest BCUT2D eigenvalue weighted by Crippen LogP contribution is 2.19. The van der Waals surface area contributed by atoms with Gasteiger partial charge in [-0.3, -0.25) is 14.4 Å². The summed E-state index contributed by atoms with van der Waals surface area (Å²) in [5.74, 6) is -1.54. The number of ketones is 1. The summed E-state index contributed by atoms with van der Waals surface area (Å²) in [4.78, 5) is 36.7. The molecule has 0 saturated heterocycles. The number of carbonyl (C=O) groups excluding carboxylic acids is 3. The third-order valence-electron chi connectivity index (χ3n) is 3.58. The van der Waals surface area contributed by atoms with E-state index in [2.05, 4.69) is 0 Å². The number of hydrogen-bond donors (Lipinski definition) is 1. The molecule has 2 aromatic rings. The molecule has 0 fully saturated rings. The first kappa shape index (κ1) is 18.7. The second-order valence-electron chi connectivity index (χ2n) is 5.33. The molecule has 0 heterocycles. The van der Waals surface area contributed by atoms with Crippen molar-refractivity contribution < 1.29 is 19.1 Å². The van der Waals surface area contributed by atoms with Crippen molar-refractivity contribution in [3.63, 3.8) is 0 Å². The van der Waals surface area contributed by atoms with Gasteiger partial charge in [0.2, 0.25) is 6.10 Å². The average molecular weight is 357 g/mol. The van der Waals surface area contributed by atoms with E-state index in [1.54, 1.807) is 54.2 Å². The van der Waals surface area contributed by atoms with Crippen LogP contribution < -0.4 is 5.73 Å². The molecular weight excluding hydrogens is 338 g/mol. The smallest absolute Gasteiger partial charge is 0.307 e. The summed E-state index contributed by atoms with van der Waals surface area (Å²) >= 11 is 1.59. The second-order valence-corrected chi connectivity index (χ2v) is 6.21. The second kappa shape index (κ2) is 9.03. The molecule has 0 unspecified atom stereocenters. The van der Waals surface area contributed by atoms with E-state index in [0.29, 0.717) is 11.1 Å². The molecule has 0 radical (unpaired) electrons. The van der Waals surface area contributed by atoms with E-state index in [0.717, 1.165) is 4.90 Å². The van der Waals surface area contributed by atoms with Crippen LogP contribution in [0.1, 0.15) is 34.9 Å². The molecule has 1 atom stereocenters. The van der Waals surface area contributed by atoms with Crippen LogP contribution in [0.15, 0.2) is 59.5 Å². The van der Waals surface area contributed by atoms with Crippen LogP contribution in [0.25, 0.3) is 0 Å². The quantitative estimate of drug-likeness (QED) is 0.445. The maximum absolute atomic E-state index is 12.1.